The number of aryl methyl sites for hydroxylation is 2. The number of ether oxygens (including phenoxy) is 1. The monoisotopic (exact) mass is 498 g/mol. The summed E-state index contributed by atoms with van der Waals surface area (Å²) in [6.07, 6.45) is 2.99. The first-order valence-corrected chi connectivity index (χ1v) is 13.2. The second-order valence-corrected chi connectivity index (χ2v) is 10.8. The van der Waals surface area contributed by atoms with Crippen LogP contribution in [0.2, 0.25) is 0 Å². The van der Waals surface area contributed by atoms with Gasteiger partial charge in [-0.2, -0.15) is 4.31 Å². The molecule has 0 atom stereocenters. The minimum atomic E-state index is -3.61. The maximum atomic E-state index is 13.0. The summed E-state index contributed by atoms with van der Waals surface area (Å²) in [6, 6.07) is 10.1. The number of anilines is 1. The minimum Gasteiger partial charge on any atom is -0.497 e. The molecule has 0 bridgehead atoms. The van der Waals surface area contributed by atoms with Crippen molar-refractivity contribution >= 4 is 32.6 Å². The maximum Gasteiger partial charge on any atom is 0.339 e. The van der Waals surface area contributed by atoms with Gasteiger partial charge in [-0.25, -0.2) is 13.2 Å². The van der Waals surface area contributed by atoms with Gasteiger partial charge in [-0.1, -0.05) is 12.5 Å². The minimum absolute atomic E-state index is 0.0514. The van der Waals surface area contributed by atoms with E-state index in [0.717, 1.165) is 35.8 Å². The number of hydrogen-bond acceptors (Lipinski definition) is 6. The number of amides is 1. The van der Waals surface area contributed by atoms with Crippen molar-refractivity contribution < 1.29 is 22.4 Å². The first-order valence-electron chi connectivity index (χ1n) is 11.7. The molecule has 3 aromatic rings. The van der Waals surface area contributed by atoms with Crippen molar-refractivity contribution in [2.45, 2.75) is 50.8 Å². The van der Waals surface area contributed by atoms with E-state index in [1.165, 1.54) is 10.4 Å². The van der Waals surface area contributed by atoms with Gasteiger partial charge in [-0.3, -0.25) is 4.79 Å². The molecule has 2 aromatic carbocycles. The molecule has 4 rings (SSSR count). The molecule has 8 nitrogen and oxygen atoms in total. The molecule has 0 unspecified atom stereocenters. The van der Waals surface area contributed by atoms with E-state index in [-0.39, 0.29) is 23.6 Å². The predicted octanol–water partition coefficient (Wildman–Crippen LogP) is 4.16. The first kappa shape index (κ1) is 24.9. The van der Waals surface area contributed by atoms with E-state index >= 15 is 0 Å². The van der Waals surface area contributed by atoms with Gasteiger partial charge in [0.25, 0.3) is 0 Å². The van der Waals surface area contributed by atoms with Crippen LogP contribution in [0.5, 0.6) is 5.75 Å². The van der Waals surface area contributed by atoms with Gasteiger partial charge in [0.05, 0.1) is 12.0 Å². The summed E-state index contributed by atoms with van der Waals surface area (Å²) in [5.41, 5.74) is 2.35. The van der Waals surface area contributed by atoms with Crippen LogP contribution in [0.4, 0.5) is 5.69 Å². The SMILES string of the molecule is COc1ccc2c(C)c(CCC(=O)Nc3cc(S(=O)(=O)N4CCCCC4)ccc3C)c(=O)oc2c1. The number of sulfonamides is 1. The Kier molecular flexibility index (Phi) is 7.28. The van der Waals surface area contributed by atoms with Crippen LogP contribution in [0.3, 0.4) is 0 Å². The first-order chi connectivity index (χ1) is 16.7. The van der Waals surface area contributed by atoms with E-state index in [1.807, 2.05) is 19.9 Å². The Labute approximate surface area is 204 Å². The lowest BCUT2D eigenvalue weighted by molar-refractivity contribution is -0.116. The van der Waals surface area contributed by atoms with E-state index < -0.39 is 15.6 Å². The number of rotatable bonds is 7. The van der Waals surface area contributed by atoms with Gasteiger partial charge in [0.15, 0.2) is 0 Å². The van der Waals surface area contributed by atoms with Gasteiger partial charge < -0.3 is 14.5 Å². The van der Waals surface area contributed by atoms with E-state index in [9.17, 15) is 18.0 Å². The molecule has 1 saturated heterocycles. The summed E-state index contributed by atoms with van der Waals surface area (Å²) in [6.45, 7) is 4.66. The third-order valence-corrected chi connectivity index (χ3v) is 8.43. The Balaban J connectivity index is 1.50. The highest BCUT2D eigenvalue weighted by Crippen LogP contribution is 2.26. The Morgan fingerprint density at radius 1 is 1.09 bits per heavy atom. The third-order valence-electron chi connectivity index (χ3n) is 6.53. The molecule has 1 aromatic heterocycles. The fraction of sp³-hybridized carbons (Fsp3) is 0.385. The topological polar surface area (TPSA) is 106 Å². The maximum absolute atomic E-state index is 13.0. The van der Waals surface area contributed by atoms with Gasteiger partial charge in [-0.15, -0.1) is 0 Å². The summed E-state index contributed by atoms with van der Waals surface area (Å²) < 4.78 is 38.2. The highest BCUT2D eigenvalue weighted by molar-refractivity contribution is 7.89. The third kappa shape index (κ3) is 5.26. The lowest BCUT2D eigenvalue weighted by Gasteiger charge is -2.26. The predicted molar refractivity (Wildman–Crippen MR) is 135 cm³/mol. The van der Waals surface area contributed by atoms with Crippen LogP contribution in [0.15, 0.2) is 50.5 Å². The lowest BCUT2D eigenvalue weighted by Crippen LogP contribution is -2.35. The summed E-state index contributed by atoms with van der Waals surface area (Å²) in [4.78, 5) is 25.5. The molecule has 1 fully saturated rings. The van der Waals surface area contributed by atoms with Crippen molar-refractivity contribution in [2.75, 3.05) is 25.5 Å². The molecule has 0 aliphatic carbocycles. The Morgan fingerprint density at radius 3 is 2.54 bits per heavy atom. The number of fused-ring (bicyclic) bond motifs is 1. The summed E-state index contributed by atoms with van der Waals surface area (Å²) in [7, 11) is -2.07. The van der Waals surface area contributed by atoms with Gasteiger partial charge in [0.2, 0.25) is 15.9 Å². The van der Waals surface area contributed by atoms with Crippen molar-refractivity contribution in [3.05, 3.63) is 63.5 Å². The smallest absolute Gasteiger partial charge is 0.339 e. The van der Waals surface area contributed by atoms with Crippen LogP contribution in [0.25, 0.3) is 11.0 Å². The Morgan fingerprint density at radius 2 is 1.83 bits per heavy atom. The second kappa shape index (κ2) is 10.2. The molecule has 1 N–H and O–H groups in total. The highest BCUT2D eigenvalue weighted by atomic mass is 32.2. The van der Waals surface area contributed by atoms with Crippen LogP contribution in [0, 0.1) is 13.8 Å². The summed E-state index contributed by atoms with van der Waals surface area (Å²) in [5, 5.41) is 3.60. The molecule has 2 heterocycles. The second-order valence-electron chi connectivity index (χ2n) is 8.84. The highest BCUT2D eigenvalue weighted by Gasteiger charge is 2.26. The standard InChI is InChI=1S/C26H30N2O6S/c1-17-7-9-20(35(31,32)28-13-5-4-6-14-28)16-23(17)27-25(29)12-11-22-18(2)21-10-8-19(33-3)15-24(21)34-26(22)30/h7-10,15-16H,4-6,11-14H2,1-3H3,(H,27,29). The zero-order valence-electron chi connectivity index (χ0n) is 20.2. The summed E-state index contributed by atoms with van der Waals surface area (Å²) in [5.74, 6) is 0.279. The van der Waals surface area contributed by atoms with Gasteiger partial charge in [-0.05, 0) is 68.5 Å². The molecule has 186 valence electrons. The zero-order valence-corrected chi connectivity index (χ0v) is 21.0. The molecule has 0 radical (unpaired) electrons. The number of carbonyl (C=O) groups excluding carboxylic acids is 1. The van der Waals surface area contributed by atoms with Crippen LogP contribution >= 0.6 is 0 Å². The molecule has 1 amide bonds. The molecular weight excluding hydrogens is 468 g/mol. The van der Waals surface area contributed by atoms with Crippen LogP contribution in [-0.4, -0.2) is 38.8 Å². The van der Waals surface area contributed by atoms with Crippen molar-refractivity contribution in [1.29, 1.82) is 0 Å². The normalized spacial score (nSPS) is 14.7. The quantitative estimate of drug-likeness (QED) is 0.490. The van der Waals surface area contributed by atoms with Gasteiger partial charge in [0, 0.05) is 42.2 Å². The van der Waals surface area contributed by atoms with Crippen LogP contribution in [0.1, 0.15) is 42.4 Å². The molecule has 1 aliphatic heterocycles. The number of carbonyl (C=O) groups is 1. The van der Waals surface area contributed by atoms with Crippen molar-refractivity contribution in [3.63, 3.8) is 0 Å². The number of nitrogens with one attached hydrogen (secondary N) is 1. The van der Waals surface area contributed by atoms with E-state index in [2.05, 4.69) is 5.32 Å². The average Bonchev–Trinajstić information content (AvgIpc) is 2.85. The van der Waals surface area contributed by atoms with Gasteiger partial charge >= 0.3 is 5.63 Å². The lowest BCUT2D eigenvalue weighted by atomic mass is 10.0. The molecule has 0 spiro atoms. The van der Waals surface area contributed by atoms with E-state index in [4.69, 9.17) is 9.15 Å². The number of nitrogens with zero attached hydrogens (tertiary/aromatic N) is 1. The number of methoxy groups -OCH3 is 1. The summed E-state index contributed by atoms with van der Waals surface area (Å²) >= 11 is 0. The molecule has 0 saturated carbocycles. The van der Waals surface area contributed by atoms with Crippen molar-refractivity contribution in [2.24, 2.45) is 0 Å². The van der Waals surface area contributed by atoms with Crippen molar-refractivity contribution in [3.8, 4) is 5.75 Å². The number of hydrogen-bond donors (Lipinski definition) is 1. The van der Waals surface area contributed by atoms with Crippen molar-refractivity contribution in [1.82, 2.24) is 4.31 Å². The van der Waals surface area contributed by atoms with Crippen LogP contribution in [-0.2, 0) is 21.2 Å². The van der Waals surface area contributed by atoms with E-state index in [0.29, 0.717) is 35.7 Å². The molecule has 9 heteroatoms. The number of piperidine rings is 1. The zero-order chi connectivity index (χ0) is 25.2. The fourth-order valence-electron chi connectivity index (χ4n) is 4.39. The largest absolute Gasteiger partial charge is 0.497 e. The Hall–Kier alpha value is -3.17. The van der Waals surface area contributed by atoms with E-state index in [1.54, 1.807) is 31.4 Å². The van der Waals surface area contributed by atoms with Gasteiger partial charge in [0.1, 0.15) is 11.3 Å². The number of benzene rings is 2. The molecule has 35 heavy (non-hydrogen) atoms. The Bertz CT molecular complexity index is 1420. The van der Waals surface area contributed by atoms with Crippen LogP contribution < -0.4 is 15.7 Å². The molecular formula is C26H30N2O6S. The molecule has 1 aliphatic rings. The average molecular weight is 499 g/mol. The fourth-order valence-corrected chi connectivity index (χ4v) is 5.94.